The molecule has 0 aromatic carbocycles. The van der Waals surface area contributed by atoms with Crippen LogP contribution in [-0.4, -0.2) is 28.3 Å². The predicted octanol–water partition coefficient (Wildman–Crippen LogP) is -2.57. The van der Waals surface area contributed by atoms with E-state index in [1.165, 1.54) is 0 Å². The molecule has 0 aromatic heterocycles. The van der Waals surface area contributed by atoms with Gasteiger partial charge in [0.2, 0.25) is 0 Å². The van der Waals surface area contributed by atoms with Crippen molar-refractivity contribution in [3.63, 3.8) is 0 Å². The first-order valence-electron chi connectivity index (χ1n) is 0. The summed E-state index contributed by atoms with van der Waals surface area (Å²) in [5, 5.41) is 0. The molecule has 0 rings (SSSR count). The van der Waals surface area contributed by atoms with Crippen LogP contribution >= 0.6 is 0 Å². The average molecular weight is 124 g/mol. The van der Waals surface area contributed by atoms with E-state index in [0.29, 0.717) is 0 Å². The van der Waals surface area contributed by atoms with Crippen molar-refractivity contribution in [2.45, 2.75) is 0 Å². The minimum Gasteiger partial charge on any atom is -0.412 e. The molecule has 0 aromatic rings. The molecule has 4 N–H and O–H groups in total. The normalized spacial score (nSPS) is 0. The first-order valence-corrected chi connectivity index (χ1v) is 0. The second-order valence-corrected chi connectivity index (χ2v) is 0. The SMILES string of the molecule is O.O.[AlH2].[Co]. The molecule has 0 aliphatic heterocycles. The van der Waals surface area contributed by atoms with E-state index in [2.05, 4.69) is 0 Å². The van der Waals surface area contributed by atoms with Crippen LogP contribution < -0.4 is 0 Å². The Balaban J connectivity index is 0. The van der Waals surface area contributed by atoms with Gasteiger partial charge < -0.3 is 11.0 Å². The van der Waals surface area contributed by atoms with E-state index in [9.17, 15) is 0 Å². The van der Waals surface area contributed by atoms with Crippen LogP contribution in [0, 0.1) is 0 Å². The number of rotatable bonds is 0. The second kappa shape index (κ2) is 37.7. The largest absolute Gasteiger partial charge is 0.412 e. The third-order valence-electron chi connectivity index (χ3n) is 0. The van der Waals surface area contributed by atoms with Crippen molar-refractivity contribution in [1.29, 1.82) is 0 Å². The summed E-state index contributed by atoms with van der Waals surface area (Å²) in [5.74, 6) is 0. The molecule has 0 heterocycles. The molecule has 4 heteroatoms. The van der Waals surface area contributed by atoms with Crippen LogP contribution in [0.4, 0.5) is 0 Å². The van der Waals surface area contributed by atoms with Gasteiger partial charge >= 0.3 is 0 Å². The Kier molecular flexibility index (Phi) is 796. The number of hydrogen-bond donors (Lipinski definition) is 0. The van der Waals surface area contributed by atoms with Gasteiger partial charge in [0.25, 0.3) is 0 Å². The fourth-order valence-corrected chi connectivity index (χ4v) is 0. The summed E-state index contributed by atoms with van der Waals surface area (Å²) in [4.78, 5) is 0. The van der Waals surface area contributed by atoms with Gasteiger partial charge in [0, 0.05) is 16.8 Å². The molecule has 2 nitrogen and oxygen atoms in total. The first kappa shape index (κ1) is 84.5. The second-order valence-electron chi connectivity index (χ2n) is 0. The Morgan fingerprint density at radius 2 is 0.750 bits per heavy atom. The van der Waals surface area contributed by atoms with E-state index in [1.54, 1.807) is 0 Å². The third kappa shape index (κ3) is 12.3. The van der Waals surface area contributed by atoms with Crippen LogP contribution in [0.25, 0.3) is 0 Å². The first-order chi connectivity index (χ1) is 0. The Bertz CT molecular complexity index is 6.00. The van der Waals surface area contributed by atoms with E-state index in [-0.39, 0.29) is 45.1 Å². The topological polar surface area (TPSA) is 63.0 Å². The summed E-state index contributed by atoms with van der Waals surface area (Å²) in [6, 6.07) is 0. The van der Waals surface area contributed by atoms with Gasteiger partial charge in [0.05, 0.1) is 0 Å². The van der Waals surface area contributed by atoms with Crippen molar-refractivity contribution >= 4 is 17.4 Å². The zero-order chi connectivity index (χ0) is 0. The monoisotopic (exact) mass is 124 g/mol. The summed E-state index contributed by atoms with van der Waals surface area (Å²) < 4.78 is 0. The van der Waals surface area contributed by atoms with Gasteiger partial charge in [-0.15, -0.1) is 0 Å². The maximum absolute atomic E-state index is 0. The number of hydrogen-bond acceptors (Lipinski definition) is 0. The molecular formula is H6AlCoO2. The van der Waals surface area contributed by atoms with Crippen LogP contribution in [0.2, 0.25) is 0 Å². The molecule has 0 bridgehead atoms. The van der Waals surface area contributed by atoms with Gasteiger partial charge in [-0.05, 0) is 0 Å². The van der Waals surface area contributed by atoms with Crippen molar-refractivity contribution in [2.24, 2.45) is 0 Å². The smallest absolute Gasteiger partial charge is 0.146 e. The zero-order valence-corrected chi connectivity index (χ0v) is 5.37. The molecule has 2 radical (unpaired) electrons. The van der Waals surface area contributed by atoms with E-state index in [1.807, 2.05) is 0 Å². The third-order valence-corrected chi connectivity index (χ3v) is 0. The quantitative estimate of drug-likeness (QED) is 0.319. The van der Waals surface area contributed by atoms with Crippen LogP contribution in [0.3, 0.4) is 0 Å². The van der Waals surface area contributed by atoms with Gasteiger partial charge in [0.1, 0.15) is 17.4 Å². The van der Waals surface area contributed by atoms with Crippen LogP contribution in [-0.2, 0) is 16.8 Å². The van der Waals surface area contributed by atoms with Crippen molar-refractivity contribution in [3.05, 3.63) is 0 Å². The van der Waals surface area contributed by atoms with Crippen molar-refractivity contribution in [3.8, 4) is 0 Å². The fraction of sp³-hybridized carbons (Fsp3) is 0. The van der Waals surface area contributed by atoms with E-state index in [0.717, 1.165) is 0 Å². The van der Waals surface area contributed by atoms with Gasteiger partial charge in [-0.25, -0.2) is 0 Å². The van der Waals surface area contributed by atoms with Gasteiger partial charge in [0.15, 0.2) is 0 Å². The summed E-state index contributed by atoms with van der Waals surface area (Å²) >= 11 is 0. The standard InChI is InChI=1S/Al.Co.2H2O.2H/h;;2*1H2;;. The van der Waals surface area contributed by atoms with Crippen molar-refractivity contribution in [2.75, 3.05) is 0 Å². The van der Waals surface area contributed by atoms with E-state index >= 15 is 0 Å². The van der Waals surface area contributed by atoms with Crippen molar-refractivity contribution < 1.29 is 27.7 Å². The summed E-state index contributed by atoms with van der Waals surface area (Å²) in [6.45, 7) is 0. The zero-order valence-electron chi connectivity index (χ0n) is 2.33. The summed E-state index contributed by atoms with van der Waals surface area (Å²) in [7, 11) is 0. The Hall–Kier alpha value is 0.959. The van der Waals surface area contributed by atoms with Gasteiger partial charge in [-0.1, -0.05) is 0 Å². The maximum Gasteiger partial charge on any atom is 0.146 e. The van der Waals surface area contributed by atoms with Crippen molar-refractivity contribution in [1.82, 2.24) is 0 Å². The summed E-state index contributed by atoms with van der Waals surface area (Å²) in [6.07, 6.45) is 0. The van der Waals surface area contributed by atoms with E-state index in [4.69, 9.17) is 0 Å². The molecular weight excluding hydrogens is 118 g/mol. The molecule has 0 amide bonds. The molecule has 0 atom stereocenters. The van der Waals surface area contributed by atoms with E-state index < -0.39 is 0 Å². The Morgan fingerprint density at radius 3 is 0.750 bits per heavy atom. The maximum atomic E-state index is 0. The molecule has 30 valence electrons. The minimum atomic E-state index is 0. The molecule has 0 saturated carbocycles. The molecule has 0 spiro atoms. The molecule has 0 aliphatic carbocycles. The molecule has 0 fully saturated rings. The Labute approximate surface area is 45.5 Å². The van der Waals surface area contributed by atoms with Crippen LogP contribution in [0.5, 0.6) is 0 Å². The fourth-order valence-electron chi connectivity index (χ4n) is 0. The predicted molar refractivity (Wildman–Crippen MR) is 15.8 cm³/mol. The van der Waals surface area contributed by atoms with Crippen LogP contribution in [0.1, 0.15) is 0 Å². The Morgan fingerprint density at radius 1 is 0.750 bits per heavy atom. The molecule has 0 saturated heterocycles. The van der Waals surface area contributed by atoms with Gasteiger partial charge in [-0.3, -0.25) is 0 Å². The van der Waals surface area contributed by atoms with Crippen LogP contribution in [0.15, 0.2) is 0 Å². The average Bonchev–Trinajstić information content (AvgIpc) is 0. The summed E-state index contributed by atoms with van der Waals surface area (Å²) in [5.41, 5.74) is 0. The minimum absolute atomic E-state index is 0. The molecule has 4 heavy (non-hydrogen) atoms. The molecule has 0 unspecified atom stereocenters. The van der Waals surface area contributed by atoms with Gasteiger partial charge in [-0.2, -0.15) is 0 Å². The molecule has 0 aliphatic rings.